The molecule has 0 aromatic carbocycles. The van der Waals surface area contributed by atoms with Gasteiger partial charge in [-0.2, -0.15) is 0 Å². The first-order valence-electron chi connectivity index (χ1n) is 22.4. The van der Waals surface area contributed by atoms with Crippen molar-refractivity contribution in [2.45, 2.75) is 214 Å². The maximum absolute atomic E-state index is 12.9. The zero-order chi connectivity index (χ0) is 38.2. The minimum atomic E-state index is -0.636. The minimum Gasteiger partial charge on any atom is -0.465 e. The molecule has 0 aliphatic carbocycles. The molecule has 0 rings (SSSR count). The van der Waals surface area contributed by atoms with Crippen LogP contribution in [0.3, 0.4) is 0 Å². The maximum atomic E-state index is 12.9. The van der Waals surface area contributed by atoms with Gasteiger partial charge < -0.3 is 28.6 Å². The lowest BCUT2D eigenvalue weighted by Crippen LogP contribution is -2.26. The molecule has 1 atom stereocenters. The van der Waals surface area contributed by atoms with Crippen LogP contribution in [-0.2, 0) is 28.5 Å². The normalized spacial score (nSPS) is 12.1. The molecule has 8 heteroatoms. The van der Waals surface area contributed by atoms with Crippen LogP contribution in [0.25, 0.3) is 0 Å². The largest absolute Gasteiger partial charge is 0.508 e. The van der Waals surface area contributed by atoms with Crippen molar-refractivity contribution in [1.82, 2.24) is 4.90 Å². The third-order valence-electron chi connectivity index (χ3n) is 10.1. The molecular weight excluding hydrogens is 654 g/mol. The SMILES string of the molecule is CCCCCCCCCCCCCC(COC(=O)CCC(OCCCCCCCC)OCCCCCCCC)COC(=O)OCCCN(CC)CC. The third kappa shape index (κ3) is 35.6. The van der Waals surface area contributed by atoms with Crippen molar-refractivity contribution >= 4 is 12.1 Å². The summed E-state index contributed by atoms with van der Waals surface area (Å²) in [5.74, 6) is -0.297. The van der Waals surface area contributed by atoms with Crippen LogP contribution < -0.4 is 0 Å². The van der Waals surface area contributed by atoms with Gasteiger partial charge in [0.25, 0.3) is 0 Å². The average Bonchev–Trinajstić information content (AvgIpc) is 3.15. The predicted octanol–water partition coefficient (Wildman–Crippen LogP) is 12.6. The minimum absolute atomic E-state index is 0.0468. The van der Waals surface area contributed by atoms with Gasteiger partial charge in [-0.1, -0.05) is 169 Å². The van der Waals surface area contributed by atoms with Gasteiger partial charge >= 0.3 is 12.1 Å². The van der Waals surface area contributed by atoms with E-state index in [9.17, 15) is 9.59 Å². The Hall–Kier alpha value is -1.38. The molecule has 0 spiro atoms. The zero-order valence-corrected chi connectivity index (χ0v) is 35.2. The molecule has 0 N–H and O–H groups in total. The molecule has 0 aliphatic rings. The van der Waals surface area contributed by atoms with Crippen LogP contribution in [0.5, 0.6) is 0 Å². The summed E-state index contributed by atoms with van der Waals surface area (Å²) >= 11 is 0. The van der Waals surface area contributed by atoms with Crippen LogP contribution in [0.4, 0.5) is 4.79 Å². The summed E-state index contributed by atoms with van der Waals surface area (Å²) in [6.07, 6.45) is 29.9. The summed E-state index contributed by atoms with van der Waals surface area (Å²) in [6, 6.07) is 0. The third-order valence-corrected chi connectivity index (χ3v) is 10.1. The van der Waals surface area contributed by atoms with Gasteiger partial charge in [0.05, 0.1) is 19.6 Å². The van der Waals surface area contributed by atoms with Crippen molar-refractivity contribution < 1.29 is 33.3 Å². The summed E-state index contributed by atoms with van der Waals surface area (Å²) in [5, 5.41) is 0. The van der Waals surface area contributed by atoms with Crippen LogP contribution in [0.2, 0.25) is 0 Å². The van der Waals surface area contributed by atoms with Gasteiger partial charge in [0.1, 0.15) is 6.61 Å². The lowest BCUT2D eigenvalue weighted by atomic mass is 10.0. The molecule has 0 saturated heterocycles. The van der Waals surface area contributed by atoms with E-state index in [1.807, 2.05) is 0 Å². The number of carbonyl (C=O) groups is 2. The van der Waals surface area contributed by atoms with Crippen LogP contribution in [-0.4, -0.2) is 76.0 Å². The van der Waals surface area contributed by atoms with E-state index in [1.165, 1.54) is 122 Å². The Balaban J connectivity index is 4.77. The fourth-order valence-electron chi connectivity index (χ4n) is 6.45. The second-order valence-corrected chi connectivity index (χ2v) is 14.9. The molecule has 52 heavy (non-hydrogen) atoms. The smallest absolute Gasteiger partial charge is 0.465 e. The summed E-state index contributed by atoms with van der Waals surface area (Å²) < 4.78 is 28.8. The number of hydrogen-bond donors (Lipinski definition) is 0. The number of ether oxygens (including phenoxy) is 5. The second-order valence-electron chi connectivity index (χ2n) is 14.9. The molecule has 0 aliphatic heterocycles. The molecule has 1 unspecified atom stereocenters. The Morgan fingerprint density at radius 2 is 0.904 bits per heavy atom. The zero-order valence-electron chi connectivity index (χ0n) is 35.2. The number of carbonyl (C=O) groups excluding carboxylic acids is 2. The Labute approximate surface area is 322 Å². The van der Waals surface area contributed by atoms with E-state index in [4.69, 9.17) is 23.7 Å². The van der Waals surface area contributed by atoms with E-state index >= 15 is 0 Å². The number of esters is 1. The van der Waals surface area contributed by atoms with E-state index in [-0.39, 0.29) is 37.8 Å². The highest BCUT2D eigenvalue weighted by molar-refractivity contribution is 5.69. The summed E-state index contributed by atoms with van der Waals surface area (Å²) in [5.41, 5.74) is 0. The molecule has 0 saturated carbocycles. The van der Waals surface area contributed by atoms with Crippen molar-refractivity contribution in [2.24, 2.45) is 5.92 Å². The topological polar surface area (TPSA) is 83.5 Å². The van der Waals surface area contributed by atoms with Gasteiger partial charge in [0.2, 0.25) is 0 Å². The fourth-order valence-corrected chi connectivity index (χ4v) is 6.45. The standard InChI is InChI=1S/C44H87NO7/c1-6-11-14-17-20-21-22-23-24-25-28-32-41(40-52-44(47)50-38-31-35-45(9-4)10-5)39-51-42(46)33-34-43(48-36-29-26-18-15-12-7-2)49-37-30-27-19-16-13-8-3/h41,43H,6-40H2,1-5H3. The molecule has 0 amide bonds. The van der Waals surface area contributed by atoms with Gasteiger partial charge in [-0.05, 0) is 38.8 Å². The summed E-state index contributed by atoms with van der Waals surface area (Å²) in [4.78, 5) is 27.6. The van der Waals surface area contributed by atoms with Crippen LogP contribution in [0.15, 0.2) is 0 Å². The molecule has 0 heterocycles. The molecule has 0 fully saturated rings. The molecule has 0 aromatic heterocycles. The maximum Gasteiger partial charge on any atom is 0.508 e. The number of rotatable bonds is 41. The van der Waals surface area contributed by atoms with E-state index in [0.29, 0.717) is 26.2 Å². The monoisotopic (exact) mass is 742 g/mol. The van der Waals surface area contributed by atoms with Gasteiger partial charge in [-0.3, -0.25) is 4.79 Å². The number of unbranched alkanes of at least 4 members (excludes halogenated alkanes) is 20. The first kappa shape index (κ1) is 50.6. The Morgan fingerprint density at radius 1 is 0.462 bits per heavy atom. The highest BCUT2D eigenvalue weighted by Gasteiger charge is 2.18. The molecule has 8 nitrogen and oxygen atoms in total. The van der Waals surface area contributed by atoms with Crippen LogP contribution in [0.1, 0.15) is 208 Å². The molecule has 310 valence electrons. The molecule has 0 radical (unpaired) electrons. The van der Waals surface area contributed by atoms with Gasteiger partial charge in [0.15, 0.2) is 6.29 Å². The van der Waals surface area contributed by atoms with E-state index in [2.05, 4.69) is 39.5 Å². The average molecular weight is 742 g/mol. The molecule has 0 bridgehead atoms. The Kier molecular flexibility index (Phi) is 39.7. The predicted molar refractivity (Wildman–Crippen MR) is 217 cm³/mol. The number of nitrogens with zero attached hydrogens (tertiary/aromatic N) is 1. The van der Waals surface area contributed by atoms with E-state index < -0.39 is 6.16 Å². The van der Waals surface area contributed by atoms with Gasteiger partial charge in [-0.25, -0.2) is 4.79 Å². The van der Waals surface area contributed by atoms with Gasteiger partial charge in [0, 0.05) is 32.1 Å². The Morgan fingerprint density at radius 3 is 1.38 bits per heavy atom. The van der Waals surface area contributed by atoms with Crippen molar-refractivity contribution in [3.63, 3.8) is 0 Å². The number of hydrogen-bond acceptors (Lipinski definition) is 8. The molecular formula is C44H87NO7. The van der Waals surface area contributed by atoms with Crippen LogP contribution in [0, 0.1) is 5.92 Å². The lowest BCUT2D eigenvalue weighted by molar-refractivity contribution is -0.160. The van der Waals surface area contributed by atoms with Crippen molar-refractivity contribution in [2.75, 3.05) is 52.7 Å². The highest BCUT2D eigenvalue weighted by atomic mass is 16.7. The first-order valence-corrected chi connectivity index (χ1v) is 22.4. The second kappa shape index (κ2) is 40.8. The first-order chi connectivity index (χ1) is 25.5. The highest BCUT2D eigenvalue weighted by Crippen LogP contribution is 2.17. The van der Waals surface area contributed by atoms with Crippen molar-refractivity contribution in [3.05, 3.63) is 0 Å². The lowest BCUT2D eigenvalue weighted by Gasteiger charge is -2.20. The van der Waals surface area contributed by atoms with E-state index in [0.717, 1.165) is 58.2 Å². The van der Waals surface area contributed by atoms with Gasteiger partial charge in [-0.15, -0.1) is 0 Å². The Bertz CT molecular complexity index is 730. The van der Waals surface area contributed by atoms with E-state index in [1.54, 1.807) is 0 Å². The van der Waals surface area contributed by atoms with Crippen molar-refractivity contribution in [3.8, 4) is 0 Å². The van der Waals surface area contributed by atoms with Crippen LogP contribution >= 0.6 is 0 Å². The fraction of sp³-hybridized carbons (Fsp3) is 0.955. The summed E-state index contributed by atoms with van der Waals surface area (Å²) in [6.45, 7) is 16.0. The summed E-state index contributed by atoms with van der Waals surface area (Å²) in [7, 11) is 0. The quantitative estimate of drug-likeness (QED) is 0.0348. The molecule has 0 aromatic rings. The van der Waals surface area contributed by atoms with Crippen molar-refractivity contribution in [1.29, 1.82) is 0 Å².